The first-order chi connectivity index (χ1) is 11.6. The molecule has 3 rings (SSSR count). The first-order valence-corrected chi connectivity index (χ1v) is 9.40. The number of thiazole rings is 1. The van der Waals surface area contributed by atoms with Crippen LogP contribution >= 0.6 is 22.7 Å². The maximum atomic E-state index is 12.1. The van der Waals surface area contributed by atoms with Crippen molar-refractivity contribution in [3.05, 3.63) is 63.8 Å². The molecule has 0 atom stereocenters. The Morgan fingerprint density at radius 1 is 1.08 bits per heavy atom. The summed E-state index contributed by atoms with van der Waals surface area (Å²) >= 11 is 3.26. The number of aromatic nitrogens is 1. The number of carbonyl (C=O) groups is 1. The summed E-state index contributed by atoms with van der Waals surface area (Å²) in [7, 11) is 2.08. The molecule has 0 unspecified atom stereocenters. The Morgan fingerprint density at radius 2 is 1.88 bits per heavy atom. The number of para-hydroxylation sites is 1. The molecule has 4 nitrogen and oxygen atoms in total. The molecule has 0 saturated carbocycles. The van der Waals surface area contributed by atoms with Crippen molar-refractivity contribution in [3.8, 4) is 0 Å². The van der Waals surface area contributed by atoms with Gasteiger partial charge in [-0.15, -0.1) is 22.7 Å². The molecule has 0 fully saturated rings. The fourth-order valence-electron chi connectivity index (χ4n) is 2.48. The second kappa shape index (κ2) is 7.70. The van der Waals surface area contributed by atoms with Gasteiger partial charge in [0, 0.05) is 30.3 Å². The van der Waals surface area contributed by atoms with E-state index in [-0.39, 0.29) is 5.91 Å². The van der Waals surface area contributed by atoms with E-state index < -0.39 is 0 Å². The number of anilines is 2. The molecule has 0 N–H and O–H groups in total. The van der Waals surface area contributed by atoms with Crippen LogP contribution in [0.5, 0.6) is 0 Å². The van der Waals surface area contributed by atoms with Crippen LogP contribution in [0.4, 0.5) is 10.8 Å². The normalized spacial score (nSPS) is 11.0. The summed E-state index contributed by atoms with van der Waals surface area (Å²) in [6.45, 7) is 3.23. The van der Waals surface area contributed by atoms with E-state index >= 15 is 0 Å². The number of amides is 1. The van der Waals surface area contributed by atoms with Crippen LogP contribution in [0.15, 0.2) is 53.2 Å². The Morgan fingerprint density at radius 3 is 2.54 bits per heavy atom. The predicted molar refractivity (Wildman–Crippen MR) is 101 cm³/mol. The molecule has 124 valence electrons. The molecule has 0 aliphatic rings. The number of hydrogen-bond donors (Lipinski definition) is 0. The van der Waals surface area contributed by atoms with Crippen molar-refractivity contribution in [2.24, 2.45) is 0 Å². The van der Waals surface area contributed by atoms with Crippen molar-refractivity contribution < 1.29 is 4.79 Å². The van der Waals surface area contributed by atoms with E-state index in [0.717, 1.165) is 24.5 Å². The summed E-state index contributed by atoms with van der Waals surface area (Å²) in [5.41, 5.74) is 1.83. The molecule has 24 heavy (non-hydrogen) atoms. The van der Waals surface area contributed by atoms with Crippen LogP contribution in [0.1, 0.15) is 17.5 Å². The number of carbonyl (C=O) groups excluding carboxylic acids is 1. The third-order valence-corrected chi connectivity index (χ3v) is 5.23. The highest BCUT2D eigenvalue weighted by molar-refractivity contribution is 7.14. The average molecular weight is 358 g/mol. The van der Waals surface area contributed by atoms with Gasteiger partial charge in [0.25, 0.3) is 0 Å². The summed E-state index contributed by atoms with van der Waals surface area (Å²) in [4.78, 5) is 22.0. The van der Waals surface area contributed by atoms with E-state index in [1.165, 1.54) is 16.2 Å². The smallest absolute Gasteiger partial charge is 0.230 e. The van der Waals surface area contributed by atoms with E-state index in [0.29, 0.717) is 5.13 Å². The summed E-state index contributed by atoms with van der Waals surface area (Å²) in [5, 5.41) is 4.83. The number of nitrogens with zero attached hydrogens (tertiary/aromatic N) is 3. The molecule has 6 heteroatoms. The Kier molecular flexibility index (Phi) is 5.40. The fourth-order valence-corrected chi connectivity index (χ4v) is 4.14. The molecule has 2 aromatic heterocycles. The van der Waals surface area contributed by atoms with E-state index in [2.05, 4.69) is 34.4 Å². The maximum absolute atomic E-state index is 12.1. The minimum atomic E-state index is -0.0333. The molecule has 0 bridgehead atoms. The van der Waals surface area contributed by atoms with Crippen LogP contribution in [0.2, 0.25) is 0 Å². The van der Waals surface area contributed by atoms with Crippen LogP contribution in [0.25, 0.3) is 0 Å². The van der Waals surface area contributed by atoms with Gasteiger partial charge >= 0.3 is 0 Å². The second-order valence-electron chi connectivity index (χ2n) is 5.56. The summed E-state index contributed by atoms with van der Waals surface area (Å²) in [6.07, 6.45) is 0. The van der Waals surface area contributed by atoms with Gasteiger partial charge < -0.3 is 0 Å². The highest BCUT2D eigenvalue weighted by Crippen LogP contribution is 2.29. The van der Waals surface area contributed by atoms with Gasteiger partial charge in [0.1, 0.15) is 0 Å². The van der Waals surface area contributed by atoms with Gasteiger partial charge in [-0.05, 0) is 30.6 Å². The molecule has 0 radical (unpaired) electrons. The fraction of sp³-hybridized carbons (Fsp3) is 0.222. The van der Waals surface area contributed by atoms with Crippen LogP contribution in [-0.2, 0) is 17.9 Å². The van der Waals surface area contributed by atoms with Gasteiger partial charge in [-0.2, -0.15) is 0 Å². The van der Waals surface area contributed by atoms with Crippen molar-refractivity contribution in [2.75, 3.05) is 11.9 Å². The second-order valence-corrected chi connectivity index (χ2v) is 7.43. The molecule has 3 aromatic rings. The monoisotopic (exact) mass is 357 g/mol. The van der Waals surface area contributed by atoms with E-state index in [4.69, 9.17) is 0 Å². The highest BCUT2D eigenvalue weighted by Gasteiger charge is 2.18. The molecule has 0 saturated heterocycles. The lowest BCUT2D eigenvalue weighted by molar-refractivity contribution is -0.115. The third kappa shape index (κ3) is 4.08. The zero-order valence-corrected chi connectivity index (χ0v) is 15.3. The number of benzene rings is 1. The van der Waals surface area contributed by atoms with Gasteiger partial charge in [0.2, 0.25) is 5.91 Å². The van der Waals surface area contributed by atoms with Crippen molar-refractivity contribution in [3.63, 3.8) is 0 Å². The Balaban J connectivity index is 1.72. The van der Waals surface area contributed by atoms with E-state index in [1.54, 1.807) is 23.2 Å². The van der Waals surface area contributed by atoms with Crippen LogP contribution < -0.4 is 4.90 Å². The lowest BCUT2D eigenvalue weighted by Gasteiger charge is -2.18. The molecular formula is C18H19N3OS2. The minimum Gasteiger partial charge on any atom is -0.295 e. The van der Waals surface area contributed by atoms with E-state index in [1.807, 2.05) is 35.7 Å². The van der Waals surface area contributed by atoms with Gasteiger partial charge in [0.15, 0.2) is 5.13 Å². The molecule has 0 spiro atoms. The first-order valence-electron chi connectivity index (χ1n) is 7.64. The highest BCUT2D eigenvalue weighted by atomic mass is 32.1. The number of rotatable bonds is 6. The van der Waals surface area contributed by atoms with Crippen molar-refractivity contribution in [1.29, 1.82) is 0 Å². The van der Waals surface area contributed by atoms with Gasteiger partial charge in [-0.1, -0.05) is 24.3 Å². The zero-order chi connectivity index (χ0) is 16.9. The standard InChI is InChI=1S/C18H19N3OS2/c1-14(22)21(16-7-4-3-5-8-16)18-19-15(13-24-18)11-20(2)12-17-9-6-10-23-17/h3-10,13H,11-12H2,1-2H3. The number of thiophene rings is 1. The van der Waals surface area contributed by atoms with Crippen molar-refractivity contribution >= 4 is 39.4 Å². The van der Waals surface area contributed by atoms with Crippen LogP contribution in [-0.4, -0.2) is 22.8 Å². The lowest BCUT2D eigenvalue weighted by atomic mass is 10.3. The largest absolute Gasteiger partial charge is 0.295 e. The molecule has 1 amide bonds. The minimum absolute atomic E-state index is 0.0333. The summed E-state index contributed by atoms with van der Waals surface area (Å²) < 4.78 is 0. The molecule has 2 heterocycles. The predicted octanol–water partition coefficient (Wildman–Crippen LogP) is 4.52. The van der Waals surface area contributed by atoms with Gasteiger partial charge in [-0.3, -0.25) is 14.6 Å². The lowest BCUT2D eigenvalue weighted by Crippen LogP contribution is -2.22. The first kappa shape index (κ1) is 16.8. The van der Waals surface area contributed by atoms with Gasteiger partial charge in [0.05, 0.1) is 11.4 Å². The molecule has 1 aromatic carbocycles. The average Bonchev–Trinajstić information content (AvgIpc) is 3.21. The maximum Gasteiger partial charge on any atom is 0.230 e. The third-order valence-electron chi connectivity index (χ3n) is 3.50. The molecule has 0 aliphatic heterocycles. The van der Waals surface area contributed by atoms with Crippen molar-refractivity contribution in [2.45, 2.75) is 20.0 Å². The number of hydrogen-bond acceptors (Lipinski definition) is 5. The SMILES string of the molecule is CC(=O)N(c1ccccc1)c1nc(CN(C)Cc2cccs2)cs1. The van der Waals surface area contributed by atoms with Crippen LogP contribution in [0, 0.1) is 0 Å². The Labute approximate surface area is 150 Å². The zero-order valence-electron chi connectivity index (χ0n) is 13.7. The van der Waals surface area contributed by atoms with E-state index in [9.17, 15) is 4.79 Å². The topological polar surface area (TPSA) is 36.4 Å². The quantitative estimate of drug-likeness (QED) is 0.651. The molecule has 0 aliphatic carbocycles. The Hall–Kier alpha value is -2.02. The summed E-state index contributed by atoms with van der Waals surface area (Å²) in [6, 6.07) is 13.8. The van der Waals surface area contributed by atoms with Crippen LogP contribution in [0.3, 0.4) is 0 Å². The van der Waals surface area contributed by atoms with Crippen molar-refractivity contribution in [1.82, 2.24) is 9.88 Å². The Bertz CT molecular complexity index is 784. The molecular weight excluding hydrogens is 338 g/mol. The van der Waals surface area contributed by atoms with Gasteiger partial charge in [-0.25, -0.2) is 4.98 Å². The summed E-state index contributed by atoms with van der Waals surface area (Å²) in [5.74, 6) is -0.0333.